The molecule has 1 aromatic heterocycles. The summed E-state index contributed by atoms with van der Waals surface area (Å²) in [5.41, 5.74) is 4.59. The number of aryl methyl sites for hydroxylation is 1. The van der Waals surface area contributed by atoms with Gasteiger partial charge >= 0.3 is 0 Å². The Morgan fingerprint density at radius 2 is 1.97 bits per heavy atom. The van der Waals surface area contributed by atoms with Gasteiger partial charge in [0, 0.05) is 0 Å². The molecule has 1 N–H and O–H groups in total. The maximum Gasteiger partial charge on any atom is 0.280 e. The SMILES string of the molecule is Cc1nn(-c2ccc(F)cc2)c(Cl)c1/C=N/NC(=O)C(C)Oc1ccc(C#N)cc1. The van der Waals surface area contributed by atoms with Crippen LogP contribution in [0.1, 0.15) is 23.7 Å². The Kier molecular flexibility index (Phi) is 6.45. The highest BCUT2D eigenvalue weighted by molar-refractivity contribution is 6.32. The van der Waals surface area contributed by atoms with Gasteiger partial charge in [-0.3, -0.25) is 4.79 Å². The van der Waals surface area contributed by atoms with Gasteiger partial charge in [-0.2, -0.15) is 15.5 Å². The molecule has 0 aliphatic carbocycles. The molecule has 7 nitrogen and oxygen atoms in total. The molecule has 0 bridgehead atoms. The number of ether oxygens (including phenoxy) is 1. The minimum atomic E-state index is -0.811. The Bertz CT molecular complexity index is 1120. The lowest BCUT2D eigenvalue weighted by Gasteiger charge is -2.12. The Morgan fingerprint density at radius 3 is 2.60 bits per heavy atom. The van der Waals surface area contributed by atoms with E-state index in [4.69, 9.17) is 21.6 Å². The van der Waals surface area contributed by atoms with Crippen molar-refractivity contribution in [3.8, 4) is 17.5 Å². The molecule has 1 amide bonds. The topological polar surface area (TPSA) is 92.3 Å². The third-order valence-electron chi connectivity index (χ3n) is 4.15. The molecule has 0 aliphatic heterocycles. The highest BCUT2D eigenvalue weighted by atomic mass is 35.5. The van der Waals surface area contributed by atoms with Gasteiger partial charge in [-0.25, -0.2) is 14.5 Å². The molecule has 9 heteroatoms. The van der Waals surface area contributed by atoms with E-state index in [9.17, 15) is 9.18 Å². The molecule has 0 aliphatic rings. The summed E-state index contributed by atoms with van der Waals surface area (Å²) in [4.78, 5) is 12.2. The van der Waals surface area contributed by atoms with Gasteiger partial charge in [0.15, 0.2) is 6.10 Å². The Labute approximate surface area is 177 Å². The van der Waals surface area contributed by atoms with Gasteiger partial charge in [0.2, 0.25) is 0 Å². The van der Waals surface area contributed by atoms with Gasteiger partial charge in [0.05, 0.1) is 34.8 Å². The quantitative estimate of drug-likeness (QED) is 0.480. The van der Waals surface area contributed by atoms with E-state index in [2.05, 4.69) is 15.6 Å². The van der Waals surface area contributed by atoms with E-state index < -0.39 is 12.0 Å². The fraction of sp³-hybridized carbons (Fsp3) is 0.143. The van der Waals surface area contributed by atoms with E-state index in [1.807, 2.05) is 6.07 Å². The molecule has 0 radical (unpaired) electrons. The van der Waals surface area contributed by atoms with Gasteiger partial charge in [0.25, 0.3) is 5.91 Å². The van der Waals surface area contributed by atoms with Crippen molar-refractivity contribution in [3.05, 3.63) is 76.3 Å². The van der Waals surface area contributed by atoms with Crippen LogP contribution in [0.15, 0.2) is 53.6 Å². The van der Waals surface area contributed by atoms with Crippen LogP contribution < -0.4 is 10.2 Å². The molecular weight excluding hydrogens is 409 g/mol. The van der Waals surface area contributed by atoms with Crippen molar-refractivity contribution in [1.29, 1.82) is 5.26 Å². The number of halogens is 2. The first-order valence-corrected chi connectivity index (χ1v) is 9.27. The summed E-state index contributed by atoms with van der Waals surface area (Å²) < 4.78 is 20.1. The molecule has 0 spiro atoms. The average Bonchev–Trinajstić information content (AvgIpc) is 3.03. The zero-order valence-electron chi connectivity index (χ0n) is 16.1. The molecule has 3 aromatic rings. The van der Waals surface area contributed by atoms with Crippen LogP contribution in [-0.2, 0) is 4.79 Å². The van der Waals surface area contributed by atoms with Crippen LogP contribution in [0.5, 0.6) is 5.75 Å². The van der Waals surface area contributed by atoms with Crippen molar-refractivity contribution in [2.45, 2.75) is 20.0 Å². The first kappa shape index (κ1) is 21.0. The van der Waals surface area contributed by atoms with Crippen molar-refractivity contribution in [3.63, 3.8) is 0 Å². The number of carbonyl (C=O) groups is 1. The number of nitriles is 1. The van der Waals surface area contributed by atoms with E-state index in [1.54, 1.807) is 50.2 Å². The van der Waals surface area contributed by atoms with Crippen molar-refractivity contribution in [2.24, 2.45) is 5.10 Å². The standard InChI is InChI=1S/C21H17ClFN5O2/c1-13-19(20(22)28(27-13)17-7-5-16(23)6-8-17)12-25-26-21(29)14(2)30-18-9-3-15(11-24)4-10-18/h3-10,12,14H,1-2H3,(H,26,29)/b25-12+. The summed E-state index contributed by atoms with van der Waals surface area (Å²) in [6.45, 7) is 3.32. The third kappa shape index (κ3) is 4.82. The van der Waals surface area contributed by atoms with E-state index >= 15 is 0 Å². The lowest BCUT2D eigenvalue weighted by atomic mass is 10.2. The van der Waals surface area contributed by atoms with Crippen LogP contribution in [0.2, 0.25) is 5.15 Å². The number of hydrazone groups is 1. The van der Waals surface area contributed by atoms with Crippen molar-refractivity contribution in [2.75, 3.05) is 0 Å². The maximum absolute atomic E-state index is 13.1. The third-order valence-corrected chi connectivity index (χ3v) is 4.52. The van der Waals surface area contributed by atoms with Gasteiger partial charge in [-0.05, 0) is 62.4 Å². The van der Waals surface area contributed by atoms with E-state index in [1.165, 1.54) is 23.0 Å². The number of carbonyl (C=O) groups excluding carboxylic acids is 1. The van der Waals surface area contributed by atoms with Crippen LogP contribution in [0.3, 0.4) is 0 Å². The molecule has 0 fully saturated rings. The Balaban J connectivity index is 1.65. The largest absolute Gasteiger partial charge is 0.481 e. The van der Waals surface area contributed by atoms with Crippen molar-refractivity contribution < 1.29 is 13.9 Å². The van der Waals surface area contributed by atoms with Crippen LogP contribution in [0.25, 0.3) is 5.69 Å². The second-order valence-electron chi connectivity index (χ2n) is 6.31. The average molecular weight is 426 g/mol. The molecule has 1 unspecified atom stereocenters. The fourth-order valence-electron chi connectivity index (χ4n) is 2.53. The number of rotatable bonds is 6. The molecule has 152 valence electrons. The number of nitrogens with zero attached hydrogens (tertiary/aromatic N) is 4. The summed E-state index contributed by atoms with van der Waals surface area (Å²) in [7, 11) is 0. The first-order valence-electron chi connectivity index (χ1n) is 8.90. The molecule has 1 atom stereocenters. The fourth-order valence-corrected chi connectivity index (χ4v) is 2.85. The molecule has 1 heterocycles. The smallest absolute Gasteiger partial charge is 0.280 e. The predicted octanol–water partition coefficient (Wildman–Crippen LogP) is 3.76. The minimum Gasteiger partial charge on any atom is -0.481 e. The summed E-state index contributed by atoms with van der Waals surface area (Å²) in [6, 6.07) is 14.2. The number of amides is 1. The Hall–Kier alpha value is -3.70. The number of benzene rings is 2. The minimum absolute atomic E-state index is 0.277. The van der Waals surface area contributed by atoms with Gasteiger partial charge in [0.1, 0.15) is 16.7 Å². The highest BCUT2D eigenvalue weighted by Crippen LogP contribution is 2.22. The van der Waals surface area contributed by atoms with Crippen LogP contribution in [0.4, 0.5) is 4.39 Å². The second kappa shape index (κ2) is 9.20. The molecule has 0 saturated carbocycles. The van der Waals surface area contributed by atoms with Crippen LogP contribution in [0, 0.1) is 24.1 Å². The summed E-state index contributed by atoms with van der Waals surface area (Å²) in [5.74, 6) is -0.365. The number of aromatic nitrogens is 2. The van der Waals surface area contributed by atoms with Crippen molar-refractivity contribution in [1.82, 2.24) is 15.2 Å². The zero-order valence-corrected chi connectivity index (χ0v) is 16.9. The summed E-state index contributed by atoms with van der Waals surface area (Å²) in [6.07, 6.45) is 0.574. The zero-order chi connectivity index (χ0) is 21.7. The number of hydrogen-bond acceptors (Lipinski definition) is 5. The maximum atomic E-state index is 13.1. The molecular formula is C21H17ClFN5O2. The number of hydrogen-bond donors (Lipinski definition) is 1. The lowest BCUT2D eigenvalue weighted by Crippen LogP contribution is -2.33. The first-order chi connectivity index (χ1) is 14.4. The van der Waals surface area contributed by atoms with Crippen LogP contribution >= 0.6 is 11.6 Å². The predicted molar refractivity (Wildman–Crippen MR) is 110 cm³/mol. The molecule has 2 aromatic carbocycles. The van der Waals surface area contributed by atoms with E-state index in [0.717, 1.165) is 0 Å². The van der Waals surface area contributed by atoms with Gasteiger partial charge in [-0.1, -0.05) is 11.6 Å². The van der Waals surface area contributed by atoms with Gasteiger partial charge in [-0.15, -0.1) is 0 Å². The molecule has 0 saturated heterocycles. The second-order valence-corrected chi connectivity index (χ2v) is 6.67. The monoisotopic (exact) mass is 425 g/mol. The van der Waals surface area contributed by atoms with Gasteiger partial charge < -0.3 is 4.74 Å². The van der Waals surface area contributed by atoms with Crippen LogP contribution in [-0.4, -0.2) is 28.0 Å². The molecule has 3 rings (SSSR count). The number of nitrogens with one attached hydrogen (secondary N) is 1. The normalized spacial score (nSPS) is 11.8. The lowest BCUT2D eigenvalue weighted by molar-refractivity contribution is -0.127. The Morgan fingerprint density at radius 1 is 1.30 bits per heavy atom. The van der Waals surface area contributed by atoms with E-state index in [-0.39, 0.29) is 11.0 Å². The van der Waals surface area contributed by atoms with Crippen molar-refractivity contribution >= 4 is 23.7 Å². The summed E-state index contributed by atoms with van der Waals surface area (Å²) >= 11 is 6.37. The molecule has 30 heavy (non-hydrogen) atoms. The highest BCUT2D eigenvalue weighted by Gasteiger charge is 2.16. The summed E-state index contributed by atoms with van der Waals surface area (Å²) in [5, 5.41) is 17.3. The van der Waals surface area contributed by atoms with E-state index in [0.29, 0.717) is 28.3 Å².